The van der Waals surface area contributed by atoms with Crippen LogP contribution < -0.4 is 10.6 Å². The maximum Gasteiger partial charge on any atom is 0.414 e. The maximum absolute atomic E-state index is 11.4. The molecule has 2 aromatic carbocycles. The number of aliphatic carboxylic acids is 1. The van der Waals surface area contributed by atoms with Gasteiger partial charge in [-0.1, -0.05) is 12.1 Å². The number of aromatic amines is 1. The van der Waals surface area contributed by atoms with Gasteiger partial charge in [-0.2, -0.15) is 0 Å². The molecule has 1 amide bonds. The molecule has 164 valence electrons. The number of hydrogen-bond donors (Lipinski definition) is 5. The summed E-state index contributed by atoms with van der Waals surface area (Å²) in [7, 11) is 0. The molecule has 2 atom stereocenters. The summed E-state index contributed by atoms with van der Waals surface area (Å²) in [5.41, 5.74) is 9.01. The molecule has 3 aromatic rings. The summed E-state index contributed by atoms with van der Waals surface area (Å²) in [4.78, 5) is 26.6. The molecule has 0 radical (unpaired) electrons. The number of anilines is 1. The van der Waals surface area contributed by atoms with E-state index < -0.39 is 18.1 Å². The normalized spacial score (nSPS) is 16.5. The van der Waals surface area contributed by atoms with Crippen molar-refractivity contribution in [3.05, 3.63) is 59.8 Å². The van der Waals surface area contributed by atoms with E-state index in [2.05, 4.69) is 4.98 Å². The smallest absolute Gasteiger partial charge is 0.414 e. The summed E-state index contributed by atoms with van der Waals surface area (Å²) >= 11 is 0. The number of fused-ring (bicyclic) bond motifs is 1. The standard InChI is InChI=1S/C11H12N2O3.C11H13NO3/c12-9(11(15)16)3-6-5-13-10-2-1-7(14)4-8(6)10;1-8-3-2-4-9(5-8)12-6-10(7-13)15-11(12)14/h1-2,4-5,9,13-14H,3,12H2,(H,15,16);2-5,10,13H,6-7H2,1H3. The number of ether oxygens (including phenoxy) is 1. The van der Waals surface area contributed by atoms with Crippen LogP contribution in [0.1, 0.15) is 11.1 Å². The van der Waals surface area contributed by atoms with Gasteiger partial charge >= 0.3 is 12.1 Å². The van der Waals surface area contributed by atoms with Gasteiger partial charge in [0.25, 0.3) is 0 Å². The summed E-state index contributed by atoms with van der Waals surface area (Å²) in [6, 6.07) is 11.6. The van der Waals surface area contributed by atoms with Gasteiger partial charge in [-0.15, -0.1) is 0 Å². The fourth-order valence-electron chi connectivity index (χ4n) is 3.28. The molecule has 1 aromatic heterocycles. The van der Waals surface area contributed by atoms with Crippen molar-refractivity contribution in [3.8, 4) is 5.75 Å². The molecule has 9 heteroatoms. The van der Waals surface area contributed by atoms with Crippen molar-refractivity contribution >= 4 is 28.7 Å². The van der Waals surface area contributed by atoms with Gasteiger partial charge in [0.2, 0.25) is 0 Å². The number of aliphatic hydroxyl groups is 1. The highest BCUT2D eigenvalue weighted by atomic mass is 16.6. The number of amides is 1. The molecule has 2 heterocycles. The molecule has 0 spiro atoms. The van der Waals surface area contributed by atoms with E-state index in [0.29, 0.717) is 6.54 Å². The summed E-state index contributed by atoms with van der Waals surface area (Å²) < 4.78 is 4.95. The van der Waals surface area contributed by atoms with E-state index >= 15 is 0 Å². The molecule has 1 aliphatic rings. The van der Waals surface area contributed by atoms with Gasteiger partial charge in [0, 0.05) is 29.2 Å². The van der Waals surface area contributed by atoms with E-state index in [1.165, 1.54) is 4.90 Å². The van der Waals surface area contributed by atoms with Crippen molar-refractivity contribution in [1.29, 1.82) is 0 Å². The quantitative estimate of drug-likeness (QED) is 0.419. The van der Waals surface area contributed by atoms with Gasteiger partial charge in [-0.3, -0.25) is 9.69 Å². The first kappa shape index (κ1) is 22.1. The van der Waals surface area contributed by atoms with Crippen LogP contribution in [0.2, 0.25) is 0 Å². The molecule has 0 saturated carbocycles. The number of phenolic OH excluding ortho intramolecular Hbond substituents is 1. The van der Waals surface area contributed by atoms with Crippen LogP contribution in [0.4, 0.5) is 10.5 Å². The van der Waals surface area contributed by atoms with Crippen LogP contribution in [-0.4, -0.2) is 57.7 Å². The Bertz CT molecular complexity index is 1080. The molecular formula is C22H25N3O6. The van der Waals surface area contributed by atoms with Crippen LogP contribution in [0.5, 0.6) is 5.75 Å². The minimum atomic E-state index is -1.03. The van der Waals surface area contributed by atoms with Gasteiger partial charge in [-0.05, 0) is 48.4 Å². The number of carbonyl (C=O) groups excluding carboxylic acids is 1. The first-order valence-electron chi connectivity index (χ1n) is 9.71. The van der Waals surface area contributed by atoms with Crippen molar-refractivity contribution < 1.29 is 29.6 Å². The molecular weight excluding hydrogens is 402 g/mol. The topological polar surface area (TPSA) is 149 Å². The maximum atomic E-state index is 11.4. The Labute approximate surface area is 178 Å². The number of aromatic hydroxyl groups is 1. The number of aromatic nitrogens is 1. The highest BCUT2D eigenvalue weighted by Crippen LogP contribution is 2.24. The van der Waals surface area contributed by atoms with E-state index in [-0.39, 0.29) is 24.9 Å². The van der Waals surface area contributed by atoms with Gasteiger partial charge in [0.15, 0.2) is 0 Å². The summed E-state index contributed by atoms with van der Waals surface area (Å²) in [6.45, 7) is 2.25. The highest BCUT2D eigenvalue weighted by Gasteiger charge is 2.31. The highest BCUT2D eigenvalue weighted by molar-refractivity contribution is 5.89. The average Bonchev–Trinajstić information content (AvgIpc) is 3.31. The Morgan fingerprint density at radius 2 is 2.10 bits per heavy atom. The summed E-state index contributed by atoms with van der Waals surface area (Å²) in [5.74, 6) is -0.883. The third-order valence-electron chi connectivity index (χ3n) is 4.90. The van der Waals surface area contributed by atoms with E-state index in [9.17, 15) is 14.7 Å². The Morgan fingerprint density at radius 1 is 1.32 bits per heavy atom. The minimum Gasteiger partial charge on any atom is -0.508 e. The number of nitrogens with zero attached hydrogens (tertiary/aromatic N) is 1. The molecule has 6 N–H and O–H groups in total. The van der Waals surface area contributed by atoms with Crippen molar-refractivity contribution in [1.82, 2.24) is 4.98 Å². The Hall–Kier alpha value is -3.56. The van der Waals surface area contributed by atoms with Gasteiger partial charge in [0.05, 0.1) is 13.2 Å². The van der Waals surface area contributed by atoms with E-state index in [4.69, 9.17) is 20.7 Å². The van der Waals surface area contributed by atoms with Crippen LogP contribution in [0.15, 0.2) is 48.7 Å². The fourth-order valence-corrected chi connectivity index (χ4v) is 3.28. The number of carboxylic acids is 1. The number of aryl methyl sites for hydroxylation is 1. The third kappa shape index (κ3) is 5.33. The second-order valence-electron chi connectivity index (χ2n) is 7.33. The lowest BCUT2D eigenvalue weighted by Gasteiger charge is -2.12. The zero-order valence-corrected chi connectivity index (χ0v) is 17.0. The number of rotatable bonds is 5. The van der Waals surface area contributed by atoms with Crippen molar-refractivity contribution in [2.75, 3.05) is 18.1 Å². The lowest BCUT2D eigenvalue weighted by atomic mass is 10.1. The van der Waals surface area contributed by atoms with Crippen LogP contribution in [-0.2, 0) is 16.0 Å². The van der Waals surface area contributed by atoms with Crippen LogP contribution in [0.3, 0.4) is 0 Å². The second kappa shape index (κ2) is 9.50. The van der Waals surface area contributed by atoms with Gasteiger partial charge in [0.1, 0.15) is 17.9 Å². The molecule has 1 aliphatic heterocycles. The molecule has 4 rings (SSSR count). The Balaban J connectivity index is 0.000000176. The van der Waals surface area contributed by atoms with Crippen molar-refractivity contribution in [2.24, 2.45) is 5.73 Å². The lowest BCUT2D eigenvalue weighted by molar-refractivity contribution is -0.138. The number of nitrogens with one attached hydrogen (secondary N) is 1. The van der Waals surface area contributed by atoms with Crippen molar-refractivity contribution in [3.63, 3.8) is 0 Å². The van der Waals surface area contributed by atoms with Crippen molar-refractivity contribution in [2.45, 2.75) is 25.5 Å². The first-order valence-corrected chi connectivity index (χ1v) is 9.71. The predicted molar refractivity (Wildman–Crippen MR) is 115 cm³/mol. The van der Waals surface area contributed by atoms with E-state index in [0.717, 1.165) is 27.7 Å². The summed E-state index contributed by atoms with van der Waals surface area (Å²) in [6.07, 6.45) is 1.16. The molecule has 0 aliphatic carbocycles. The van der Waals surface area contributed by atoms with Crippen LogP contribution in [0.25, 0.3) is 10.9 Å². The first-order chi connectivity index (χ1) is 14.8. The molecule has 31 heavy (non-hydrogen) atoms. The zero-order valence-electron chi connectivity index (χ0n) is 17.0. The number of cyclic esters (lactones) is 1. The lowest BCUT2D eigenvalue weighted by Crippen LogP contribution is -2.32. The number of aliphatic hydroxyl groups excluding tert-OH is 1. The molecule has 1 fully saturated rings. The van der Waals surface area contributed by atoms with Gasteiger partial charge in [-0.25, -0.2) is 4.79 Å². The Kier molecular flexibility index (Phi) is 6.78. The van der Waals surface area contributed by atoms with Crippen LogP contribution in [0, 0.1) is 6.92 Å². The molecule has 2 unspecified atom stereocenters. The minimum absolute atomic E-state index is 0.131. The average molecular weight is 427 g/mol. The fraction of sp³-hybridized carbons (Fsp3) is 0.273. The molecule has 0 bridgehead atoms. The molecule has 9 nitrogen and oxygen atoms in total. The Morgan fingerprint density at radius 3 is 2.74 bits per heavy atom. The molecule has 1 saturated heterocycles. The number of hydrogen-bond acceptors (Lipinski definition) is 6. The SMILES string of the molecule is Cc1cccc(N2CC(CO)OC2=O)c1.NC(Cc1c[nH]c2ccc(O)cc12)C(=O)O. The number of phenols is 1. The number of benzene rings is 2. The number of H-pyrrole nitrogens is 1. The predicted octanol–water partition coefficient (Wildman–Crippen LogP) is 2.14. The number of nitrogens with two attached hydrogens (primary N) is 1. The third-order valence-corrected chi connectivity index (χ3v) is 4.90. The van der Waals surface area contributed by atoms with E-state index in [1.807, 2.05) is 31.2 Å². The van der Waals surface area contributed by atoms with Crippen LogP contribution >= 0.6 is 0 Å². The van der Waals surface area contributed by atoms with Gasteiger partial charge < -0.3 is 30.8 Å². The van der Waals surface area contributed by atoms with E-state index in [1.54, 1.807) is 24.4 Å². The largest absolute Gasteiger partial charge is 0.508 e. The summed E-state index contributed by atoms with van der Waals surface area (Å²) in [5, 5.41) is 27.8. The monoisotopic (exact) mass is 427 g/mol. The number of carbonyl (C=O) groups is 2. The zero-order chi connectivity index (χ0) is 22.5. The second-order valence-corrected chi connectivity index (χ2v) is 7.33. The number of carboxylic acid groups (broad SMARTS) is 1.